The Morgan fingerprint density at radius 3 is 2.57 bits per heavy atom. The zero-order chi connectivity index (χ0) is 20.6. The van der Waals surface area contributed by atoms with Gasteiger partial charge in [-0.1, -0.05) is 19.3 Å². The van der Waals surface area contributed by atoms with E-state index in [1.54, 1.807) is 7.11 Å². The topological polar surface area (TPSA) is 32.1 Å². The van der Waals surface area contributed by atoms with Crippen molar-refractivity contribution in [2.45, 2.75) is 77.0 Å². The quantitative estimate of drug-likeness (QED) is 0.564. The number of piperidine rings is 2. The Labute approximate surface area is 183 Å². The van der Waals surface area contributed by atoms with E-state index < -0.39 is 0 Å². The number of likely N-dealkylation sites (tertiary alicyclic amines) is 2. The smallest absolute Gasteiger partial charge is 0.129 e. The second kappa shape index (κ2) is 11.7. The van der Waals surface area contributed by atoms with Crippen LogP contribution < -0.4 is 0 Å². The van der Waals surface area contributed by atoms with Crippen LogP contribution in [0.3, 0.4) is 0 Å². The highest BCUT2D eigenvalue weighted by atomic mass is 16.5. The molecule has 1 saturated carbocycles. The fraction of sp³-hybridized carbons (Fsp3) is 0.840. The molecule has 2 aliphatic heterocycles. The molecule has 5 heteroatoms. The van der Waals surface area contributed by atoms with Gasteiger partial charge in [-0.15, -0.1) is 0 Å². The average molecular weight is 418 g/mol. The molecule has 1 aromatic rings. The van der Waals surface area contributed by atoms with Gasteiger partial charge in [0.05, 0.1) is 6.54 Å². The molecule has 0 N–H and O–H groups in total. The number of methoxy groups -OCH3 is 1. The summed E-state index contributed by atoms with van der Waals surface area (Å²) in [6.45, 7) is 10.2. The summed E-state index contributed by atoms with van der Waals surface area (Å²) in [7, 11) is 1.73. The maximum atomic E-state index is 6.05. The van der Waals surface area contributed by atoms with Gasteiger partial charge in [-0.3, -0.25) is 4.90 Å². The minimum absolute atomic E-state index is 0.562. The molecule has 2 saturated heterocycles. The maximum absolute atomic E-state index is 6.05. The van der Waals surface area contributed by atoms with Gasteiger partial charge in [0.15, 0.2) is 0 Å². The summed E-state index contributed by atoms with van der Waals surface area (Å²) in [5.41, 5.74) is 0. The molecule has 3 fully saturated rings. The summed E-state index contributed by atoms with van der Waals surface area (Å²) >= 11 is 0. The fourth-order valence-electron chi connectivity index (χ4n) is 5.86. The zero-order valence-electron chi connectivity index (χ0n) is 19.2. The van der Waals surface area contributed by atoms with E-state index in [1.807, 2.05) is 0 Å². The van der Waals surface area contributed by atoms with Crippen LogP contribution in [0, 0.1) is 5.92 Å². The van der Waals surface area contributed by atoms with Crippen LogP contribution in [0.2, 0.25) is 0 Å². The highest BCUT2D eigenvalue weighted by molar-refractivity contribution is 5.06. The molecule has 1 atom stereocenters. The number of ether oxygens (including phenoxy) is 1. The maximum Gasteiger partial charge on any atom is 0.129 e. The van der Waals surface area contributed by atoms with Crippen molar-refractivity contribution in [1.29, 1.82) is 0 Å². The van der Waals surface area contributed by atoms with Gasteiger partial charge in [0.2, 0.25) is 0 Å². The first kappa shape index (κ1) is 22.3. The Morgan fingerprint density at radius 1 is 0.967 bits per heavy atom. The van der Waals surface area contributed by atoms with Gasteiger partial charge >= 0.3 is 0 Å². The van der Waals surface area contributed by atoms with Gasteiger partial charge in [0.1, 0.15) is 18.1 Å². The second-order valence-electron chi connectivity index (χ2n) is 9.88. The third-order valence-electron chi connectivity index (χ3n) is 7.47. The van der Waals surface area contributed by atoms with Crippen LogP contribution in [-0.2, 0) is 17.9 Å². The zero-order valence-corrected chi connectivity index (χ0v) is 19.2. The minimum Gasteiger partial charge on any atom is -0.462 e. The summed E-state index contributed by atoms with van der Waals surface area (Å²) in [4.78, 5) is 8.17. The lowest BCUT2D eigenvalue weighted by molar-refractivity contribution is 0.0879. The SMILES string of the molecule is COCc1ccc(CN(CCN2CCCCC2)C[C@H]2CCCN(C3CCCC3)C2)o1. The van der Waals surface area contributed by atoms with E-state index in [-0.39, 0.29) is 0 Å². The van der Waals surface area contributed by atoms with Crippen molar-refractivity contribution in [3.05, 3.63) is 23.7 Å². The van der Waals surface area contributed by atoms with Crippen LogP contribution in [-0.4, -0.2) is 73.7 Å². The molecule has 0 spiro atoms. The molecule has 0 unspecified atom stereocenters. The molecule has 4 rings (SSSR count). The van der Waals surface area contributed by atoms with Gasteiger partial charge in [-0.25, -0.2) is 0 Å². The van der Waals surface area contributed by atoms with Gasteiger partial charge in [0.25, 0.3) is 0 Å². The van der Waals surface area contributed by atoms with E-state index in [0.29, 0.717) is 6.61 Å². The first-order valence-corrected chi connectivity index (χ1v) is 12.6. The molecule has 3 aliphatic rings. The largest absolute Gasteiger partial charge is 0.462 e. The molecular formula is C25H43N3O2. The number of nitrogens with zero attached hydrogens (tertiary/aromatic N) is 3. The number of furan rings is 1. The van der Waals surface area contributed by atoms with Crippen LogP contribution >= 0.6 is 0 Å². The predicted octanol–water partition coefficient (Wildman–Crippen LogP) is 4.37. The molecule has 0 amide bonds. The summed E-state index contributed by atoms with van der Waals surface area (Å²) in [6.07, 6.45) is 12.7. The lowest BCUT2D eigenvalue weighted by Crippen LogP contribution is -2.46. The molecule has 1 aromatic heterocycles. The van der Waals surface area contributed by atoms with Gasteiger partial charge < -0.3 is 19.0 Å². The number of hydrogen-bond donors (Lipinski definition) is 0. The molecule has 5 nitrogen and oxygen atoms in total. The Kier molecular flexibility index (Phi) is 8.67. The lowest BCUT2D eigenvalue weighted by Gasteiger charge is -2.39. The normalized spacial score (nSPS) is 24.8. The molecule has 0 bridgehead atoms. The molecule has 3 heterocycles. The van der Waals surface area contributed by atoms with Crippen LogP contribution in [0.5, 0.6) is 0 Å². The molecule has 0 radical (unpaired) electrons. The van der Waals surface area contributed by atoms with E-state index in [0.717, 1.165) is 36.6 Å². The van der Waals surface area contributed by atoms with Crippen molar-refractivity contribution < 1.29 is 9.15 Å². The van der Waals surface area contributed by atoms with E-state index in [9.17, 15) is 0 Å². The van der Waals surface area contributed by atoms with Gasteiger partial charge in [-0.05, 0) is 76.2 Å². The highest BCUT2D eigenvalue weighted by Gasteiger charge is 2.29. The molecule has 30 heavy (non-hydrogen) atoms. The monoisotopic (exact) mass is 417 g/mol. The van der Waals surface area contributed by atoms with Crippen LogP contribution in [0.15, 0.2) is 16.5 Å². The van der Waals surface area contributed by atoms with Crippen LogP contribution in [0.1, 0.15) is 69.3 Å². The Morgan fingerprint density at radius 2 is 1.77 bits per heavy atom. The number of hydrogen-bond acceptors (Lipinski definition) is 5. The van der Waals surface area contributed by atoms with E-state index in [4.69, 9.17) is 9.15 Å². The lowest BCUT2D eigenvalue weighted by atomic mass is 9.95. The predicted molar refractivity (Wildman–Crippen MR) is 122 cm³/mol. The standard InChI is InChI=1S/C25H43N3O2/c1-29-21-25-12-11-24(30-25)20-27(17-16-26-13-5-2-6-14-26)18-22-8-7-15-28(19-22)23-9-3-4-10-23/h11-12,22-23H,2-10,13-21H2,1H3/t22-/m1/s1. The molecule has 0 aromatic carbocycles. The van der Waals surface area contributed by atoms with E-state index >= 15 is 0 Å². The Hall–Kier alpha value is -0.880. The highest BCUT2D eigenvalue weighted by Crippen LogP contribution is 2.28. The van der Waals surface area contributed by atoms with Crippen molar-refractivity contribution in [2.75, 3.05) is 52.9 Å². The van der Waals surface area contributed by atoms with Crippen LogP contribution in [0.4, 0.5) is 0 Å². The first-order valence-electron chi connectivity index (χ1n) is 12.6. The van der Waals surface area contributed by atoms with Crippen molar-refractivity contribution >= 4 is 0 Å². The minimum atomic E-state index is 0.562. The van der Waals surface area contributed by atoms with Gasteiger partial charge in [-0.2, -0.15) is 0 Å². The molecular weight excluding hydrogens is 374 g/mol. The summed E-state index contributed by atoms with van der Waals surface area (Å²) in [5, 5.41) is 0. The van der Waals surface area contributed by atoms with E-state index in [1.165, 1.54) is 97.1 Å². The van der Waals surface area contributed by atoms with Crippen LogP contribution in [0.25, 0.3) is 0 Å². The van der Waals surface area contributed by atoms with Crippen molar-refractivity contribution in [1.82, 2.24) is 14.7 Å². The molecule has 1 aliphatic carbocycles. The average Bonchev–Trinajstić information content (AvgIpc) is 3.46. The Balaban J connectivity index is 1.34. The Bertz CT molecular complexity index is 607. The van der Waals surface area contributed by atoms with Crippen molar-refractivity contribution in [3.8, 4) is 0 Å². The number of rotatable bonds is 10. The summed E-state index contributed by atoms with van der Waals surface area (Å²) in [6, 6.07) is 5.09. The third kappa shape index (κ3) is 6.56. The first-order chi connectivity index (χ1) is 14.8. The summed E-state index contributed by atoms with van der Waals surface area (Å²) < 4.78 is 11.3. The van der Waals surface area contributed by atoms with Gasteiger partial charge in [0, 0.05) is 39.3 Å². The second-order valence-corrected chi connectivity index (χ2v) is 9.88. The van der Waals surface area contributed by atoms with Crippen molar-refractivity contribution in [3.63, 3.8) is 0 Å². The third-order valence-corrected chi connectivity index (χ3v) is 7.47. The van der Waals surface area contributed by atoms with Crippen molar-refractivity contribution in [2.24, 2.45) is 5.92 Å². The molecule has 170 valence electrons. The van der Waals surface area contributed by atoms with E-state index in [2.05, 4.69) is 26.8 Å². The summed E-state index contributed by atoms with van der Waals surface area (Å²) in [5.74, 6) is 2.83. The fourth-order valence-corrected chi connectivity index (χ4v) is 5.86.